The van der Waals surface area contributed by atoms with E-state index in [-0.39, 0.29) is 0 Å². The lowest BCUT2D eigenvalue weighted by Crippen LogP contribution is -2.05. The zero-order chi connectivity index (χ0) is 16.2. The average Bonchev–Trinajstić information content (AvgIpc) is 3.28. The van der Waals surface area contributed by atoms with Gasteiger partial charge in [-0.1, -0.05) is 30.0 Å². The van der Waals surface area contributed by atoms with Gasteiger partial charge in [0.25, 0.3) is 0 Å². The molecule has 5 heteroatoms. The SMILES string of the molecule is C(#Cc1ccoc1)COCCn1cnc2cnc3ccccc3c21. The van der Waals surface area contributed by atoms with E-state index in [1.165, 1.54) is 0 Å². The molecule has 0 fully saturated rings. The Morgan fingerprint density at radius 2 is 2.08 bits per heavy atom. The first-order valence-electron chi connectivity index (χ1n) is 7.69. The highest BCUT2D eigenvalue weighted by Gasteiger charge is 2.07. The quantitative estimate of drug-likeness (QED) is 0.428. The maximum atomic E-state index is 5.60. The number of benzene rings is 1. The summed E-state index contributed by atoms with van der Waals surface area (Å²) in [6, 6.07) is 9.91. The van der Waals surface area contributed by atoms with Gasteiger partial charge >= 0.3 is 0 Å². The Labute approximate surface area is 138 Å². The van der Waals surface area contributed by atoms with E-state index in [2.05, 4.69) is 32.4 Å². The van der Waals surface area contributed by atoms with Crippen LogP contribution in [0.1, 0.15) is 5.56 Å². The molecule has 0 aliphatic carbocycles. The molecule has 0 bridgehead atoms. The number of aromatic nitrogens is 3. The van der Waals surface area contributed by atoms with E-state index >= 15 is 0 Å². The molecule has 0 amide bonds. The van der Waals surface area contributed by atoms with Gasteiger partial charge in [0.2, 0.25) is 0 Å². The fourth-order valence-corrected chi connectivity index (χ4v) is 2.63. The standard InChI is InChI=1S/C19H15N3O2/c1-2-6-17-16(5-1)19-18(12-20-17)21-14-22(19)8-11-23-9-3-4-15-7-10-24-13-15/h1-2,5-7,10,12-14H,8-9,11H2. The van der Waals surface area contributed by atoms with E-state index in [1.54, 1.807) is 12.5 Å². The number of pyridine rings is 1. The second kappa shape index (κ2) is 6.57. The van der Waals surface area contributed by atoms with E-state index in [0.29, 0.717) is 13.2 Å². The van der Waals surface area contributed by atoms with Crippen molar-refractivity contribution in [3.8, 4) is 11.8 Å². The molecular weight excluding hydrogens is 302 g/mol. The van der Waals surface area contributed by atoms with E-state index in [0.717, 1.165) is 34.0 Å². The number of para-hydroxylation sites is 1. The van der Waals surface area contributed by atoms with Gasteiger partial charge in [-0.2, -0.15) is 0 Å². The molecule has 24 heavy (non-hydrogen) atoms. The van der Waals surface area contributed by atoms with Crippen molar-refractivity contribution >= 4 is 21.9 Å². The van der Waals surface area contributed by atoms with Crippen molar-refractivity contribution in [1.82, 2.24) is 14.5 Å². The second-order valence-electron chi connectivity index (χ2n) is 5.31. The molecule has 0 unspecified atom stereocenters. The minimum absolute atomic E-state index is 0.389. The van der Waals surface area contributed by atoms with Gasteiger partial charge in [0.15, 0.2) is 0 Å². The molecule has 4 rings (SSSR count). The normalized spacial score (nSPS) is 10.8. The smallest absolute Gasteiger partial charge is 0.108 e. The number of fused-ring (bicyclic) bond motifs is 3. The van der Waals surface area contributed by atoms with Crippen molar-refractivity contribution < 1.29 is 9.15 Å². The highest BCUT2D eigenvalue weighted by atomic mass is 16.5. The van der Waals surface area contributed by atoms with Crippen LogP contribution in [0.15, 0.2) is 59.8 Å². The van der Waals surface area contributed by atoms with Crippen LogP contribution in [0.4, 0.5) is 0 Å². The van der Waals surface area contributed by atoms with Gasteiger partial charge in [-0.25, -0.2) is 4.98 Å². The van der Waals surface area contributed by atoms with Crippen LogP contribution in [-0.2, 0) is 11.3 Å². The summed E-state index contributed by atoms with van der Waals surface area (Å²) < 4.78 is 12.7. The first kappa shape index (κ1) is 14.5. The second-order valence-corrected chi connectivity index (χ2v) is 5.31. The van der Waals surface area contributed by atoms with Gasteiger partial charge < -0.3 is 13.7 Å². The summed E-state index contributed by atoms with van der Waals surface area (Å²) in [5.74, 6) is 5.94. The molecule has 3 aromatic heterocycles. The summed E-state index contributed by atoms with van der Waals surface area (Å²) in [6.07, 6.45) is 6.86. The molecule has 0 radical (unpaired) electrons. The lowest BCUT2D eigenvalue weighted by Gasteiger charge is -2.06. The van der Waals surface area contributed by atoms with Crippen LogP contribution in [0.5, 0.6) is 0 Å². The Balaban J connectivity index is 1.44. The van der Waals surface area contributed by atoms with Crippen molar-refractivity contribution in [3.63, 3.8) is 0 Å². The fraction of sp³-hybridized carbons (Fsp3) is 0.158. The maximum Gasteiger partial charge on any atom is 0.108 e. The van der Waals surface area contributed by atoms with E-state index in [4.69, 9.17) is 9.15 Å². The highest BCUT2D eigenvalue weighted by Crippen LogP contribution is 2.22. The van der Waals surface area contributed by atoms with E-state index in [9.17, 15) is 0 Å². The van der Waals surface area contributed by atoms with Gasteiger partial charge in [-0.15, -0.1) is 0 Å². The molecule has 118 valence electrons. The highest BCUT2D eigenvalue weighted by molar-refractivity contribution is 6.01. The Morgan fingerprint density at radius 3 is 3.00 bits per heavy atom. The third-order valence-corrected chi connectivity index (χ3v) is 3.76. The molecule has 0 atom stereocenters. The first-order chi connectivity index (χ1) is 11.9. The van der Waals surface area contributed by atoms with Gasteiger partial charge in [0.1, 0.15) is 18.4 Å². The third kappa shape index (κ3) is 2.87. The van der Waals surface area contributed by atoms with E-state index in [1.807, 2.05) is 36.8 Å². The molecule has 0 spiro atoms. The van der Waals surface area contributed by atoms with Crippen LogP contribution in [0.3, 0.4) is 0 Å². The number of rotatable bonds is 4. The summed E-state index contributed by atoms with van der Waals surface area (Å²) in [5.41, 5.74) is 3.82. The topological polar surface area (TPSA) is 53.1 Å². The number of ether oxygens (including phenoxy) is 1. The summed E-state index contributed by atoms with van der Waals surface area (Å²) in [7, 11) is 0. The molecule has 0 saturated heterocycles. The molecule has 3 heterocycles. The number of hydrogen-bond donors (Lipinski definition) is 0. The third-order valence-electron chi connectivity index (χ3n) is 3.76. The largest absolute Gasteiger partial charge is 0.471 e. The summed E-state index contributed by atoms with van der Waals surface area (Å²) in [6.45, 7) is 1.68. The Kier molecular flexibility index (Phi) is 3.96. The maximum absolute atomic E-state index is 5.60. The van der Waals surface area contributed by atoms with Crippen molar-refractivity contribution in [2.45, 2.75) is 6.54 Å². The molecule has 0 aliphatic rings. The van der Waals surface area contributed by atoms with Crippen LogP contribution in [0.25, 0.3) is 21.9 Å². The fourth-order valence-electron chi connectivity index (χ4n) is 2.63. The summed E-state index contributed by atoms with van der Waals surface area (Å²) >= 11 is 0. The molecular formula is C19H15N3O2. The molecule has 0 saturated carbocycles. The zero-order valence-corrected chi connectivity index (χ0v) is 13.0. The first-order valence-corrected chi connectivity index (χ1v) is 7.69. The van der Waals surface area contributed by atoms with Crippen molar-refractivity contribution in [1.29, 1.82) is 0 Å². The number of nitrogens with zero attached hydrogens (tertiary/aromatic N) is 3. The van der Waals surface area contributed by atoms with Gasteiger partial charge in [0, 0.05) is 11.9 Å². The van der Waals surface area contributed by atoms with Crippen molar-refractivity contribution in [2.24, 2.45) is 0 Å². The van der Waals surface area contributed by atoms with Crippen LogP contribution < -0.4 is 0 Å². The summed E-state index contributed by atoms with van der Waals surface area (Å²) in [4.78, 5) is 8.86. The lowest BCUT2D eigenvalue weighted by molar-refractivity contribution is 0.158. The van der Waals surface area contributed by atoms with Crippen LogP contribution in [0, 0.1) is 11.8 Å². The minimum atomic E-state index is 0.389. The van der Waals surface area contributed by atoms with Gasteiger partial charge in [0.05, 0.1) is 42.0 Å². The van der Waals surface area contributed by atoms with Gasteiger partial charge in [-0.05, 0) is 12.1 Å². The lowest BCUT2D eigenvalue weighted by atomic mass is 10.2. The minimum Gasteiger partial charge on any atom is -0.471 e. The van der Waals surface area contributed by atoms with Crippen LogP contribution in [0.2, 0.25) is 0 Å². The molecule has 5 nitrogen and oxygen atoms in total. The molecule has 0 aliphatic heterocycles. The van der Waals surface area contributed by atoms with Crippen molar-refractivity contribution in [2.75, 3.05) is 13.2 Å². The van der Waals surface area contributed by atoms with Crippen molar-refractivity contribution in [3.05, 3.63) is 60.9 Å². The van der Waals surface area contributed by atoms with Crippen LogP contribution >= 0.6 is 0 Å². The van der Waals surface area contributed by atoms with Gasteiger partial charge in [-0.3, -0.25) is 4.98 Å². The average molecular weight is 317 g/mol. The van der Waals surface area contributed by atoms with Crippen LogP contribution in [-0.4, -0.2) is 27.7 Å². The number of furan rings is 1. The van der Waals surface area contributed by atoms with E-state index < -0.39 is 0 Å². The zero-order valence-electron chi connectivity index (χ0n) is 13.0. The Bertz CT molecular complexity index is 1020. The summed E-state index contributed by atoms with van der Waals surface area (Å²) in [5, 5.41) is 1.10. The number of hydrogen-bond acceptors (Lipinski definition) is 4. The number of imidazole rings is 1. The molecule has 4 aromatic rings. The Morgan fingerprint density at radius 1 is 1.12 bits per heavy atom. The molecule has 0 N–H and O–H groups in total. The monoisotopic (exact) mass is 317 g/mol. The predicted octanol–water partition coefficient (Wildman–Crippen LogP) is 3.25. The molecule has 1 aromatic carbocycles. The Hall–Kier alpha value is -3.10. The predicted molar refractivity (Wildman–Crippen MR) is 91.4 cm³/mol.